The predicted molar refractivity (Wildman–Crippen MR) is 93.2 cm³/mol. The zero-order valence-corrected chi connectivity index (χ0v) is 13.5. The number of aryl methyl sites for hydroxylation is 1. The maximum Gasteiger partial charge on any atom is 0.133 e. The Morgan fingerprint density at radius 2 is 2.14 bits per heavy atom. The minimum absolute atomic E-state index is 0.119. The maximum atomic E-state index is 7.59. The Labute approximate surface area is 134 Å². The molecule has 3 N–H and O–H groups in total. The fraction of sp³-hybridized carbons (Fsp3) is 0.294. The van der Waals surface area contributed by atoms with Crippen molar-refractivity contribution in [2.75, 3.05) is 0 Å². The number of benzene rings is 1. The first-order valence-corrected chi connectivity index (χ1v) is 8.48. The van der Waals surface area contributed by atoms with Crippen molar-refractivity contribution in [1.82, 2.24) is 9.55 Å². The summed E-state index contributed by atoms with van der Waals surface area (Å²) in [6.45, 7) is 2.21. The average Bonchev–Trinajstić information content (AvgIpc) is 3.11. The van der Waals surface area contributed by atoms with E-state index in [0.29, 0.717) is 0 Å². The van der Waals surface area contributed by atoms with Gasteiger partial charge >= 0.3 is 0 Å². The summed E-state index contributed by atoms with van der Waals surface area (Å²) in [6.07, 6.45) is 4.52. The van der Waals surface area contributed by atoms with E-state index < -0.39 is 0 Å². The highest BCUT2D eigenvalue weighted by Gasteiger charge is 2.13. The summed E-state index contributed by atoms with van der Waals surface area (Å²) in [4.78, 5) is 5.60. The third-order valence-electron chi connectivity index (χ3n) is 3.74. The monoisotopic (exact) mass is 312 g/mol. The van der Waals surface area contributed by atoms with Crippen molar-refractivity contribution in [2.45, 2.75) is 32.6 Å². The molecule has 0 spiro atoms. The number of hydrogen-bond acceptors (Lipinski definition) is 3. The average molecular weight is 312 g/mol. The summed E-state index contributed by atoms with van der Waals surface area (Å²) in [5.74, 6) is 1.20. The lowest BCUT2D eigenvalue weighted by atomic mass is 10.2. The number of imidazole rings is 1. The molecule has 0 aliphatic heterocycles. The summed E-state index contributed by atoms with van der Waals surface area (Å²) < 4.78 is 2.20. The Kier molecular flexibility index (Phi) is 4.24. The van der Waals surface area contributed by atoms with Crippen molar-refractivity contribution in [3.05, 3.63) is 46.4 Å². The van der Waals surface area contributed by atoms with Crippen LogP contribution < -0.4 is 5.73 Å². The van der Waals surface area contributed by atoms with Crippen molar-refractivity contribution < 1.29 is 0 Å². The van der Waals surface area contributed by atoms with Crippen molar-refractivity contribution >= 4 is 28.2 Å². The van der Waals surface area contributed by atoms with E-state index in [-0.39, 0.29) is 5.84 Å². The fourth-order valence-corrected chi connectivity index (χ4v) is 3.39. The molecule has 5 heteroatoms. The highest BCUT2D eigenvalue weighted by molar-refractivity contribution is 7.12. The molecular weight excluding hydrogens is 292 g/mol. The second-order valence-corrected chi connectivity index (χ2v) is 6.30. The van der Waals surface area contributed by atoms with Crippen LogP contribution in [0.15, 0.2) is 35.7 Å². The van der Waals surface area contributed by atoms with E-state index in [2.05, 4.69) is 17.6 Å². The van der Waals surface area contributed by atoms with Gasteiger partial charge in [0.2, 0.25) is 0 Å². The van der Waals surface area contributed by atoms with Crippen LogP contribution in [0.2, 0.25) is 0 Å². The highest BCUT2D eigenvalue weighted by atomic mass is 32.1. The van der Waals surface area contributed by atoms with E-state index in [1.807, 2.05) is 29.6 Å². The van der Waals surface area contributed by atoms with Crippen LogP contribution in [0.5, 0.6) is 0 Å². The number of nitrogens with one attached hydrogen (secondary N) is 1. The van der Waals surface area contributed by atoms with E-state index in [1.54, 1.807) is 0 Å². The fourth-order valence-electron chi connectivity index (χ4n) is 2.65. The number of unbranched alkanes of at least 4 members (excludes halogenated alkanes) is 2. The van der Waals surface area contributed by atoms with Crippen molar-refractivity contribution in [3.8, 4) is 5.69 Å². The zero-order chi connectivity index (χ0) is 15.5. The topological polar surface area (TPSA) is 67.7 Å². The quantitative estimate of drug-likeness (QED) is 0.409. The normalized spacial score (nSPS) is 11.1. The molecule has 3 rings (SSSR count). The van der Waals surface area contributed by atoms with Crippen molar-refractivity contribution in [1.29, 1.82) is 5.41 Å². The molecule has 0 amide bonds. The van der Waals surface area contributed by atoms with Gasteiger partial charge in [0, 0.05) is 11.8 Å². The first-order valence-electron chi connectivity index (χ1n) is 7.60. The van der Waals surface area contributed by atoms with Crippen LogP contribution in [-0.2, 0) is 6.42 Å². The Morgan fingerprint density at radius 1 is 1.32 bits per heavy atom. The van der Waals surface area contributed by atoms with Gasteiger partial charge in [-0.2, -0.15) is 0 Å². The van der Waals surface area contributed by atoms with E-state index in [4.69, 9.17) is 16.1 Å². The number of para-hydroxylation sites is 2. The number of hydrogen-bond donors (Lipinski definition) is 2. The van der Waals surface area contributed by atoms with Crippen molar-refractivity contribution in [3.63, 3.8) is 0 Å². The van der Waals surface area contributed by atoms with Crippen LogP contribution in [0.3, 0.4) is 0 Å². The molecule has 2 aromatic heterocycles. The van der Waals surface area contributed by atoms with E-state index in [1.165, 1.54) is 24.2 Å². The Bertz CT molecular complexity index is 800. The molecule has 2 heterocycles. The van der Waals surface area contributed by atoms with E-state index in [0.717, 1.165) is 40.3 Å². The lowest BCUT2D eigenvalue weighted by molar-refractivity contribution is 0.689. The van der Waals surface area contributed by atoms with E-state index >= 15 is 0 Å². The third-order valence-corrected chi connectivity index (χ3v) is 4.69. The largest absolute Gasteiger partial charge is 0.383 e. The highest BCUT2D eigenvalue weighted by Crippen LogP contribution is 2.26. The molecule has 114 valence electrons. The first-order chi connectivity index (χ1) is 10.7. The lowest BCUT2D eigenvalue weighted by Gasteiger charge is -2.06. The summed E-state index contributed by atoms with van der Waals surface area (Å²) in [5, 5.41) is 9.64. The second kappa shape index (κ2) is 6.32. The van der Waals surface area contributed by atoms with Crippen LogP contribution >= 0.6 is 11.3 Å². The molecule has 0 bridgehead atoms. The number of nitrogens with two attached hydrogens (primary N) is 1. The molecule has 0 aliphatic carbocycles. The Hall–Kier alpha value is -2.14. The second-order valence-electron chi connectivity index (χ2n) is 5.39. The van der Waals surface area contributed by atoms with Gasteiger partial charge in [0.15, 0.2) is 0 Å². The smallest absolute Gasteiger partial charge is 0.133 e. The molecule has 22 heavy (non-hydrogen) atoms. The Balaban J connectivity index is 2.07. The molecule has 0 radical (unpaired) electrons. The van der Waals surface area contributed by atoms with Crippen LogP contribution in [0.4, 0.5) is 0 Å². The first kappa shape index (κ1) is 14.8. The molecule has 4 nitrogen and oxygen atoms in total. The number of aromatic nitrogens is 2. The number of fused-ring (bicyclic) bond motifs is 1. The number of thiophene rings is 1. The maximum absolute atomic E-state index is 7.59. The number of rotatable bonds is 6. The van der Waals surface area contributed by atoms with Gasteiger partial charge in [-0.15, -0.1) is 11.3 Å². The Morgan fingerprint density at radius 3 is 2.86 bits per heavy atom. The molecule has 0 aliphatic rings. The van der Waals surface area contributed by atoms with Gasteiger partial charge in [-0.1, -0.05) is 31.9 Å². The SMILES string of the molecule is CCCCCc1nc2ccccc2n1-c1csc(C(=N)N)c1. The molecular formula is C17H20N4S. The molecule has 0 fully saturated rings. The zero-order valence-electron chi connectivity index (χ0n) is 12.7. The molecule has 0 saturated carbocycles. The molecule has 0 unspecified atom stereocenters. The van der Waals surface area contributed by atoms with Gasteiger partial charge in [-0.3, -0.25) is 9.98 Å². The summed E-state index contributed by atoms with van der Waals surface area (Å²) in [6, 6.07) is 10.2. The minimum atomic E-state index is 0.119. The van der Waals surface area contributed by atoms with Gasteiger partial charge in [0.05, 0.1) is 21.6 Å². The minimum Gasteiger partial charge on any atom is -0.383 e. The van der Waals surface area contributed by atoms with Gasteiger partial charge in [-0.25, -0.2) is 4.98 Å². The summed E-state index contributed by atoms with van der Waals surface area (Å²) in [5.41, 5.74) is 8.78. The van der Waals surface area contributed by atoms with Crippen molar-refractivity contribution in [2.24, 2.45) is 5.73 Å². The molecule has 0 atom stereocenters. The number of nitrogen functional groups attached to an aromatic ring is 1. The van der Waals surface area contributed by atoms with Crippen LogP contribution in [0.25, 0.3) is 16.7 Å². The number of nitrogens with zero attached hydrogens (tertiary/aromatic N) is 2. The third kappa shape index (κ3) is 2.76. The van der Waals surface area contributed by atoms with Gasteiger partial charge in [0.1, 0.15) is 11.7 Å². The molecule has 1 aromatic carbocycles. The summed E-state index contributed by atoms with van der Waals surface area (Å²) in [7, 11) is 0. The van der Waals surface area contributed by atoms with E-state index in [9.17, 15) is 0 Å². The van der Waals surface area contributed by atoms with Gasteiger partial charge in [-0.05, 0) is 24.6 Å². The lowest BCUT2D eigenvalue weighted by Crippen LogP contribution is -2.08. The van der Waals surface area contributed by atoms with Crippen LogP contribution in [-0.4, -0.2) is 15.4 Å². The molecule has 0 saturated heterocycles. The van der Waals surface area contributed by atoms with Gasteiger partial charge in [0.25, 0.3) is 0 Å². The van der Waals surface area contributed by atoms with Crippen LogP contribution in [0, 0.1) is 5.41 Å². The van der Waals surface area contributed by atoms with Gasteiger partial charge < -0.3 is 5.73 Å². The van der Waals surface area contributed by atoms with Crippen LogP contribution in [0.1, 0.15) is 36.9 Å². The summed E-state index contributed by atoms with van der Waals surface area (Å²) >= 11 is 1.50. The molecule has 3 aromatic rings. The standard InChI is InChI=1S/C17H20N4S/c1-2-3-4-9-16-20-13-7-5-6-8-14(13)21(16)12-10-15(17(18)19)22-11-12/h5-8,10-11H,2-4,9H2,1H3,(H3,18,19). The predicted octanol–water partition coefficient (Wildman–Crippen LogP) is 4.10. The number of amidine groups is 1.